The number of methoxy groups -OCH3 is 1. The first-order valence-electron chi connectivity index (χ1n) is 8.52. The van der Waals surface area contributed by atoms with E-state index in [1.165, 1.54) is 36.3 Å². The Morgan fingerprint density at radius 3 is 2.36 bits per heavy atom. The van der Waals surface area contributed by atoms with Gasteiger partial charge in [0.2, 0.25) is 0 Å². The largest absolute Gasteiger partial charge is 0.507 e. The van der Waals surface area contributed by atoms with Crippen molar-refractivity contribution < 1.29 is 24.4 Å². The number of benzene rings is 2. The minimum Gasteiger partial charge on any atom is -0.507 e. The van der Waals surface area contributed by atoms with Crippen LogP contribution in [0.15, 0.2) is 60.2 Å². The molecular formula is C20H18N2O6. The molecule has 0 radical (unpaired) electrons. The van der Waals surface area contributed by atoms with Crippen molar-refractivity contribution in [3.05, 3.63) is 81.4 Å². The minimum atomic E-state index is -0.805. The van der Waals surface area contributed by atoms with Gasteiger partial charge in [0.1, 0.15) is 5.76 Å². The SMILES string of the molecule is COCCN1C(=O)C(=O)/C(=C(\O)c2ccc([N+](=O)[O-])cc2)C1c1ccccc1. The highest BCUT2D eigenvalue weighted by molar-refractivity contribution is 6.46. The number of aliphatic hydroxyl groups is 1. The standard InChI is InChI=1S/C20H18N2O6/c1-28-12-11-21-17(13-5-3-2-4-6-13)16(19(24)20(21)25)18(23)14-7-9-15(10-8-14)22(26)27/h2-10,17,23H,11-12H2,1H3/b18-16-. The van der Waals surface area contributed by atoms with Gasteiger partial charge >= 0.3 is 0 Å². The lowest BCUT2D eigenvalue weighted by molar-refractivity contribution is -0.384. The van der Waals surface area contributed by atoms with Gasteiger partial charge in [-0.25, -0.2) is 0 Å². The molecule has 0 spiro atoms. The van der Waals surface area contributed by atoms with Crippen molar-refractivity contribution in [2.75, 3.05) is 20.3 Å². The van der Waals surface area contributed by atoms with E-state index in [1.54, 1.807) is 30.3 Å². The van der Waals surface area contributed by atoms with E-state index in [-0.39, 0.29) is 35.7 Å². The smallest absolute Gasteiger partial charge is 0.295 e. The number of hydrogen-bond donors (Lipinski definition) is 1. The number of ether oxygens (including phenoxy) is 1. The number of Topliss-reactive ketones (excluding diaryl/α,β-unsaturated/α-hetero) is 1. The zero-order chi connectivity index (χ0) is 20.3. The number of nitro benzene ring substituents is 1. The molecule has 1 aliphatic rings. The Hall–Kier alpha value is -3.52. The van der Waals surface area contributed by atoms with Gasteiger partial charge in [-0.2, -0.15) is 0 Å². The van der Waals surface area contributed by atoms with E-state index in [1.807, 2.05) is 0 Å². The Morgan fingerprint density at radius 1 is 1.14 bits per heavy atom. The number of hydrogen-bond acceptors (Lipinski definition) is 6. The van der Waals surface area contributed by atoms with Gasteiger partial charge in [0, 0.05) is 31.4 Å². The molecule has 144 valence electrons. The van der Waals surface area contributed by atoms with Crippen LogP contribution in [0.2, 0.25) is 0 Å². The van der Waals surface area contributed by atoms with E-state index in [4.69, 9.17) is 4.74 Å². The fraction of sp³-hybridized carbons (Fsp3) is 0.200. The first-order chi connectivity index (χ1) is 13.5. The topological polar surface area (TPSA) is 110 Å². The molecule has 1 unspecified atom stereocenters. The van der Waals surface area contributed by atoms with E-state index >= 15 is 0 Å². The summed E-state index contributed by atoms with van der Waals surface area (Å²) in [5, 5.41) is 21.6. The second kappa shape index (κ2) is 8.01. The molecule has 28 heavy (non-hydrogen) atoms. The molecule has 1 heterocycles. The summed E-state index contributed by atoms with van der Waals surface area (Å²) in [5.74, 6) is -1.91. The molecule has 1 atom stereocenters. The van der Waals surface area contributed by atoms with E-state index in [0.29, 0.717) is 5.56 Å². The molecule has 3 rings (SSSR count). The minimum absolute atomic E-state index is 0.0545. The van der Waals surface area contributed by atoms with Gasteiger partial charge < -0.3 is 14.7 Å². The molecule has 1 N–H and O–H groups in total. The maximum absolute atomic E-state index is 12.7. The Bertz CT molecular complexity index is 937. The zero-order valence-corrected chi connectivity index (χ0v) is 15.1. The summed E-state index contributed by atoms with van der Waals surface area (Å²) < 4.78 is 5.04. The highest BCUT2D eigenvalue weighted by Crippen LogP contribution is 2.39. The third-order valence-corrected chi connectivity index (χ3v) is 4.54. The number of non-ortho nitro benzene ring substituents is 1. The normalized spacial score (nSPS) is 18.5. The van der Waals surface area contributed by atoms with Crippen molar-refractivity contribution in [1.82, 2.24) is 4.90 Å². The number of carbonyl (C=O) groups excluding carboxylic acids is 2. The van der Waals surface area contributed by atoms with Gasteiger partial charge in [0.05, 0.1) is 23.1 Å². The lowest BCUT2D eigenvalue weighted by atomic mass is 9.95. The second-order valence-electron chi connectivity index (χ2n) is 6.20. The monoisotopic (exact) mass is 382 g/mol. The summed E-state index contributed by atoms with van der Waals surface area (Å²) in [7, 11) is 1.49. The lowest BCUT2D eigenvalue weighted by Gasteiger charge is -2.25. The van der Waals surface area contributed by atoms with E-state index in [2.05, 4.69) is 0 Å². The molecule has 0 aromatic heterocycles. The fourth-order valence-corrected chi connectivity index (χ4v) is 3.18. The molecule has 0 bridgehead atoms. The number of likely N-dealkylation sites (tertiary alicyclic amines) is 1. The van der Waals surface area contributed by atoms with Crippen molar-refractivity contribution in [2.24, 2.45) is 0 Å². The molecule has 2 aromatic rings. The molecular weight excluding hydrogens is 364 g/mol. The number of nitrogens with zero attached hydrogens (tertiary/aromatic N) is 2. The highest BCUT2D eigenvalue weighted by atomic mass is 16.6. The quantitative estimate of drug-likeness (QED) is 0.270. The highest BCUT2D eigenvalue weighted by Gasteiger charge is 2.45. The first-order valence-corrected chi connectivity index (χ1v) is 8.52. The molecule has 1 fully saturated rings. The van der Waals surface area contributed by atoms with Crippen LogP contribution in [0.1, 0.15) is 17.2 Å². The molecule has 1 saturated heterocycles. The van der Waals surface area contributed by atoms with Crippen LogP contribution < -0.4 is 0 Å². The maximum atomic E-state index is 12.7. The van der Waals surface area contributed by atoms with Crippen molar-refractivity contribution in [2.45, 2.75) is 6.04 Å². The summed E-state index contributed by atoms with van der Waals surface area (Å²) in [6, 6.07) is 13.3. The van der Waals surface area contributed by atoms with Crippen molar-refractivity contribution in [3.8, 4) is 0 Å². The van der Waals surface area contributed by atoms with Gasteiger partial charge in [-0.05, 0) is 17.7 Å². The Labute approximate surface area is 160 Å². The van der Waals surface area contributed by atoms with Gasteiger partial charge in [-0.15, -0.1) is 0 Å². The number of carbonyl (C=O) groups is 2. The predicted molar refractivity (Wildman–Crippen MR) is 100 cm³/mol. The maximum Gasteiger partial charge on any atom is 0.295 e. The Morgan fingerprint density at radius 2 is 1.79 bits per heavy atom. The summed E-state index contributed by atoms with van der Waals surface area (Å²) in [4.78, 5) is 36.9. The van der Waals surface area contributed by atoms with Gasteiger partial charge in [-0.3, -0.25) is 19.7 Å². The van der Waals surface area contributed by atoms with Crippen LogP contribution in [0, 0.1) is 10.1 Å². The number of aliphatic hydroxyl groups excluding tert-OH is 1. The zero-order valence-electron chi connectivity index (χ0n) is 15.1. The Balaban J connectivity index is 2.11. The summed E-state index contributed by atoms with van der Waals surface area (Å²) in [5.41, 5.74) is 0.690. The van der Waals surface area contributed by atoms with Gasteiger partial charge in [0.15, 0.2) is 0 Å². The fourth-order valence-electron chi connectivity index (χ4n) is 3.18. The predicted octanol–water partition coefficient (Wildman–Crippen LogP) is 2.66. The average molecular weight is 382 g/mol. The molecule has 1 aliphatic heterocycles. The number of nitro groups is 1. The molecule has 0 aliphatic carbocycles. The van der Waals surface area contributed by atoms with Gasteiger partial charge in [-0.1, -0.05) is 30.3 Å². The van der Waals surface area contributed by atoms with Crippen LogP contribution in [0.4, 0.5) is 5.69 Å². The third-order valence-electron chi connectivity index (χ3n) is 4.54. The van der Waals surface area contributed by atoms with Crippen LogP contribution in [0.5, 0.6) is 0 Å². The van der Waals surface area contributed by atoms with Crippen molar-refractivity contribution in [3.63, 3.8) is 0 Å². The summed E-state index contributed by atoms with van der Waals surface area (Å²) in [6.45, 7) is 0.408. The van der Waals surface area contributed by atoms with Crippen LogP contribution in [0.25, 0.3) is 5.76 Å². The molecule has 2 aromatic carbocycles. The molecule has 0 saturated carbocycles. The number of rotatable bonds is 6. The van der Waals surface area contributed by atoms with Crippen molar-refractivity contribution >= 4 is 23.1 Å². The number of ketones is 1. The van der Waals surface area contributed by atoms with Crippen LogP contribution in [-0.4, -0.2) is 46.9 Å². The first kappa shape index (κ1) is 19.2. The molecule has 1 amide bonds. The van der Waals surface area contributed by atoms with Crippen LogP contribution in [-0.2, 0) is 14.3 Å². The summed E-state index contributed by atoms with van der Waals surface area (Å²) >= 11 is 0. The van der Waals surface area contributed by atoms with E-state index < -0.39 is 22.7 Å². The lowest BCUT2D eigenvalue weighted by Crippen LogP contribution is -2.32. The number of amides is 1. The molecule has 8 nitrogen and oxygen atoms in total. The van der Waals surface area contributed by atoms with E-state index in [0.717, 1.165) is 0 Å². The average Bonchev–Trinajstić information content (AvgIpc) is 2.97. The van der Waals surface area contributed by atoms with Crippen LogP contribution in [0.3, 0.4) is 0 Å². The van der Waals surface area contributed by atoms with Crippen LogP contribution >= 0.6 is 0 Å². The Kier molecular flexibility index (Phi) is 5.51. The van der Waals surface area contributed by atoms with Crippen molar-refractivity contribution in [1.29, 1.82) is 0 Å². The summed E-state index contributed by atoms with van der Waals surface area (Å²) in [6.07, 6.45) is 0. The second-order valence-corrected chi connectivity index (χ2v) is 6.20. The van der Waals surface area contributed by atoms with Gasteiger partial charge in [0.25, 0.3) is 17.4 Å². The third kappa shape index (κ3) is 3.49. The van der Waals surface area contributed by atoms with E-state index in [9.17, 15) is 24.8 Å². The molecule has 8 heteroatoms.